The van der Waals surface area contributed by atoms with Gasteiger partial charge in [0.05, 0.1) is 7.11 Å². The maximum atomic E-state index is 11.2. The molecular formula is C12H15NO4S. The summed E-state index contributed by atoms with van der Waals surface area (Å²) in [7, 11) is 1.27. The molecule has 0 spiro atoms. The molecule has 1 N–H and O–H groups in total. The number of methoxy groups -OCH3 is 1. The van der Waals surface area contributed by atoms with Crippen LogP contribution in [-0.2, 0) is 20.1 Å². The molecule has 0 fully saturated rings. The summed E-state index contributed by atoms with van der Waals surface area (Å²) in [5.74, 6) is -0.873. The second-order valence-electron chi connectivity index (χ2n) is 3.65. The number of benzene rings is 1. The van der Waals surface area contributed by atoms with Gasteiger partial charge in [-0.05, 0) is 17.7 Å². The molecule has 0 atom stereocenters. The van der Waals surface area contributed by atoms with Crippen LogP contribution in [0.1, 0.15) is 5.56 Å². The number of ether oxygens (including phenoxy) is 1. The Morgan fingerprint density at radius 3 is 2.33 bits per heavy atom. The molecule has 1 aromatic rings. The van der Waals surface area contributed by atoms with E-state index >= 15 is 0 Å². The molecule has 0 unspecified atom stereocenters. The van der Waals surface area contributed by atoms with E-state index in [1.807, 2.05) is 12.1 Å². The molecule has 0 amide bonds. The largest absolute Gasteiger partial charge is 0.480 e. The molecule has 0 bridgehead atoms. The number of rotatable bonds is 6. The summed E-state index contributed by atoms with van der Waals surface area (Å²) >= 11 is 4.14. The van der Waals surface area contributed by atoms with Gasteiger partial charge in [-0.25, -0.2) is 0 Å². The minimum atomic E-state index is -1.00. The summed E-state index contributed by atoms with van der Waals surface area (Å²) in [4.78, 5) is 23.4. The van der Waals surface area contributed by atoms with Crippen LogP contribution >= 0.6 is 12.6 Å². The zero-order valence-electron chi connectivity index (χ0n) is 10.00. The summed E-state index contributed by atoms with van der Waals surface area (Å²) in [5, 5.41) is 8.83. The van der Waals surface area contributed by atoms with Crippen LogP contribution in [0.5, 0.6) is 0 Å². The van der Waals surface area contributed by atoms with Gasteiger partial charge in [-0.15, -0.1) is 0 Å². The second-order valence-corrected chi connectivity index (χ2v) is 3.97. The van der Waals surface area contributed by atoms with Crippen molar-refractivity contribution in [1.29, 1.82) is 0 Å². The molecule has 0 aliphatic heterocycles. The average molecular weight is 269 g/mol. The van der Waals surface area contributed by atoms with Crippen molar-refractivity contribution < 1.29 is 19.4 Å². The number of anilines is 1. The molecule has 1 rings (SSSR count). The highest BCUT2D eigenvalue weighted by Gasteiger charge is 2.14. The summed E-state index contributed by atoms with van der Waals surface area (Å²) in [5.41, 5.74) is 1.68. The fraction of sp³-hybridized carbons (Fsp3) is 0.333. The van der Waals surface area contributed by atoms with Gasteiger partial charge in [0.15, 0.2) is 0 Å². The van der Waals surface area contributed by atoms with E-state index in [0.29, 0.717) is 11.4 Å². The van der Waals surface area contributed by atoms with Gasteiger partial charge in [0, 0.05) is 11.4 Å². The Bertz CT molecular complexity index is 419. The van der Waals surface area contributed by atoms with Crippen molar-refractivity contribution in [2.45, 2.75) is 5.75 Å². The zero-order chi connectivity index (χ0) is 13.5. The summed E-state index contributed by atoms with van der Waals surface area (Å²) in [6, 6.07) is 7.21. The Morgan fingerprint density at radius 1 is 1.28 bits per heavy atom. The molecule has 0 aromatic heterocycles. The molecule has 0 saturated carbocycles. The average Bonchev–Trinajstić information content (AvgIpc) is 2.37. The van der Waals surface area contributed by atoms with Crippen LogP contribution in [-0.4, -0.2) is 37.2 Å². The third-order valence-corrected chi connectivity index (χ3v) is 2.72. The number of carboxylic acids is 1. The fourth-order valence-electron chi connectivity index (χ4n) is 1.43. The first-order valence-electron chi connectivity index (χ1n) is 5.30. The van der Waals surface area contributed by atoms with Crippen LogP contribution in [0.15, 0.2) is 24.3 Å². The maximum Gasteiger partial charge on any atom is 0.325 e. The van der Waals surface area contributed by atoms with Crippen molar-refractivity contribution in [1.82, 2.24) is 0 Å². The Hall–Kier alpha value is -1.69. The Balaban J connectivity index is 2.86. The van der Waals surface area contributed by atoms with Crippen molar-refractivity contribution >= 4 is 30.3 Å². The van der Waals surface area contributed by atoms with Gasteiger partial charge < -0.3 is 14.7 Å². The lowest BCUT2D eigenvalue weighted by molar-refractivity contribution is -0.139. The quantitative estimate of drug-likeness (QED) is 0.599. The van der Waals surface area contributed by atoms with E-state index in [9.17, 15) is 9.59 Å². The lowest BCUT2D eigenvalue weighted by Crippen LogP contribution is -2.35. The van der Waals surface area contributed by atoms with Gasteiger partial charge in [-0.1, -0.05) is 12.1 Å². The van der Waals surface area contributed by atoms with Gasteiger partial charge in [0.25, 0.3) is 0 Å². The number of carbonyl (C=O) groups is 2. The molecule has 5 nitrogen and oxygen atoms in total. The highest BCUT2D eigenvalue weighted by Crippen LogP contribution is 2.16. The van der Waals surface area contributed by atoms with Gasteiger partial charge in [-0.2, -0.15) is 12.6 Å². The van der Waals surface area contributed by atoms with E-state index in [1.165, 1.54) is 12.0 Å². The molecule has 6 heteroatoms. The number of thiol groups is 1. The van der Waals surface area contributed by atoms with E-state index in [4.69, 9.17) is 5.11 Å². The third-order valence-electron chi connectivity index (χ3n) is 2.36. The number of carboxylic acid groups (broad SMARTS) is 1. The van der Waals surface area contributed by atoms with Crippen LogP contribution in [0.2, 0.25) is 0 Å². The monoisotopic (exact) mass is 269 g/mol. The number of hydrogen-bond donors (Lipinski definition) is 2. The first-order chi connectivity index (χ1) is 8.56. The van der Waals surface area contributed by atoms with E-state index in [-0.39, 0.29) is 13.1 Å². The zero-order valence-corrected chi connectivity index (χ0v) is 10.9. The molecule has 0 aliphatic carbocycles. The number of carbonyl (C=O) groups excluding carboxylic acids is 1. The summed E-state index contributed by atoms with van der Waals surface area (Å²) in [6.07, 6.45) is 0. The van der Waals surface area contributed by atoms with Crippen LogP contribution in [0.25, 0.3) is 0 Å². The van der Waals surface area contributed by atoms with Crippen molar-refractivity contribution in [2.24, 2.45) is 0 Å². The normalized spacial score (nSPS) is 9.89. The van der Waals surface area contributed by atoms with Crippen LogP contribution in [0.3, 0.4) is 0 Å². The molecule has 0 heterocycles. The Kier molecular flexibility index (Phi) is 5.51. The van der Waals surface area contributed by atoms with Gasteiger partial charge >= 0.3 is 11.9 Å². The molecule has 0 saturated heterocycles. The van der Waals surface area contributed by atoms with Gasteiger partial charge in [0.2, 0.25) is 0 Å². The van der Waals surface area contributed by atoms with Crippen LogP contribution in [0.4, 0.5) is 5.69 Å². The van der Waals surface area contributed by atoms with E-state index in [2.05, 4.69) is 17.4 Å². The minimum absolute atomic E-state index is 0.0942. The Morgan fingerprint density at radius 2 is 1.89 bits per heavy atom. The first-order valence-corrected chi connectivity index (χ1v) is 5.93. The predicted octanol–water partition coefficient (Wildman–Crippen LogP) is 1.18. The fourth-order valence-corrected chi connectivity index (χ4v) is 1.65. The molecule has 0 aliphatic rings. The van der Waals surface area contributed by atoms with Crippen molar-refractivity contribution in [3.63, 3.8) is 0 Å². The first kappa shape index (κ1) is 14.4. The highest BCUT2D eigenvalue weighted by atomic mass is 32.1. The number of aliphatic carboxylic acids is 1. The van der Waals surface area contributed by atoms with Gasteiger partial charge in [-0.3, -0.25) is 9.59 Å². The van der Waals surface area contributed by atoms with E-state index in [0.717, 1.165) is 5.56 Å². The highest BCUT2D eigenvalue weighted by molar-refractivity contribution is 7.79. The van der Waals surface area contributed by atoms with Crippen molar-refractivity contribution in [3.05, 3.63) is 29.8 Å². The summed E-state index contributed by atoms with van der Waals surface area (Å²) < 4.78 is 4.54. The molecule has 18 heavy (non-hydrogen) atoms. The van der Waals surface area contributed by atoms with Crippen LogP contribution < -0.4 is 4.90 Å². The number of nitrogens with zero attached hydrogens (tertiary/aromatic N) is 1. The number of esters is 1. The molecule has 1 aromatic carbocycles. The van der Waals surface area contributed by atoms with Crippen molar-refractivity contribution in [2.75, 3.05) is 25.1 Å². The third kappa shape index (κ3) is 4.29. The van der Waals surface area contributed by atoms with E-state index < -0.39 is 11.9 Å². The predicted molar refractivity (Wildman–Crippen MR) is 71.0 cm³/mol. The SMILES string of the molecule is COC(=O)CN(CC(=O)O)c1ccc(CS)cc1. The lowest BCUT2D eigenvalue weighted by atomic mass is 10.2. The summed E-state index contributed by atoms with van der Waals surface area (Å²) in [6.45, 7) is -0.349. The lowest BCUT2D eigenvalue weighted by Gasteiger charge is -2.21. The smallest absolute Gasteiger partial charge is 0.325 e. The Labute approximate surface area is 111 Å². The second kappa shape index (κ2) is 6.90. The topological polar surface area (TPSA) is 66.8 Å². The molecule has 0 radical (unpaired) electrons. The van der Waals surface area contributed by atoms with Gasteiger partial charge in [0.1, 0.15) is 13.1 Å². The molecule has 98 valence electrons. The van der Waals surface area contributed by atoms with E-state index in [1.54, 1.807) is 12.1 Å². The maximum absolute atomic E-state index is 11.2. The van der Waals surface area contributed by atoms with Crippen molar-refractivity contribution in [3.8, 4) is 0 Å². The van der Waals surface area contributed by atoms with Crippen LogP contribution in [0, 0.1) is 0 Å². The minimum Gasteiger partial charge on any atom is -0.480 e. The molecular weight excluding hydrogens is 254 g/mol. The standard InChI is InChI=1S/C12H15NO4S/c1-17-12(16)7-13(6-11(14)15)10-4-2-9(8-18)3-5-10/h2-5,18H,6-8H2,1H3,(H,14,15). The number of hydrogen-bond acceptors (Lipinski definition) is 5.